The van der Waals surface area contributed by atoms with Gasteiger partial charge in [0.2, 0.25) is 0 Å². The molecule has 0 unspecified atom stereocenters. The van der Waals surface area contributed by atoms with Gasteiger partial charge in [0.15, 0.2) is 0 Å². The average Bonchev–Trinajstić information content (AvgIpc) is 2.14. The summed E-state index contributed by atoms with van der Waals surface area (Å²) >= 11 is 0.974. The Morgan fingerprint density at radius 3 is 1.41 bits per heavy atom. The average molecular weight is 396 g/mol. The van der Waals surface area contributed by atoms with Crippen molar-refractivity contribution in [1.82, 2.24) is 0 Å². The third-order valence-electron chi connectivity index (χ3n) is 1.73. The fraction of sp³-hybridized carbons (Fsp3) is 0.250. The van der Waals surface area contributed by atoms with E-state index < -0.39 is 23.5 Å². The van der Waals surface area contributed by atoms with Crippen LogP contribution in [0.3, 0.4) is 0 Å². The standard InChI is InChI=1S/C8H4F6Se.BrH.Mg/c9-7(10,11)4-1-5(8(12,13)14)3-6(15)2-4;;/h1-3,15H;1H;/q;;+2/p-2. The van der Waals surface area contributed by atoms with Crippen molar-refractivity contribution in [3.8, 4) is 0 Å². The Balaban J connectivity index is 0.00000256. The molecule has 0 atom stereocenters. The summed E-state index contributed by atoms with van der Waals surface area (Å²) in [5, 5.41) is 0. The van der Waals surface area contributed by atoms with Crippen LogP contribution in [0.4, 0.5) is 26.3 Å². The van der Waals surface area contributed by atoms with Crippen LogP contribution in [-0.2, 0) is 12.4 Å². The SMILES string of the molecule is FC(F)(F)c1cc([Se][Mg+])cc(C(F)(F)F)c1.[Br-]. The fourth-order valence-electron chi connectivity index (χ4n) is 1.01. The first-order valence-corrected chi connectivity index (χ1v) is 8.93. The quantitative estimate of drug-likeness (QED) is 0.428. The van der Waals surface area contributed by atoms with Gasteiger partial charge in [-0.05, 0) is 0 Å². The molecule has 0 saturated heterocycles. The van der Waals surface area contributed by atoms with Gasteiger partial charge in [-0.15, -0.1) is 0 Å². The van der Waals surface area contributed by atoms with Crippen molar-refractivity contribution in [3.63, 3.8) is 0 Å². The molecule has 0 aromatic heterocycles. The fourth-order valence-corrected chi connectivity index (χ4v) is 2.76. The Bertz CT molecular complexity index is 356. The molecular formula is C8H3BrF6MgSe. The Labute approximate surface area is 120 Å². The van der Waals surface area contributed by atoms with E-state index in [9.17, 15) is 26.3 Å². The molecule has 0 fully saturated rings. The first kappa shape index (κ1) is 17.6. The molecule has 0 bridgehead atoms. The van der Waals surface area contributed by atoms with E-state index in [0.717, 1.165) is 12.1 Å². The van der Waals surface area contributed by atoms with Gasteiger partial charge in [0.25, 0.3) is 0 Å². The molecule has 0 spiro atoms. The molecule has 92 valence electrons. The van der Waals surface area contributed by atoms with Crippen molar-refractivity contribution in [2.45, 2.75) is 12.4 Å². The van der Waals surface area contributed by atoms with E-state index in [-0.39, 0.29) is 39.4 Å². The topological polar surface area (TPSA) is 0 Å². The van der Waals surface area contributed by atoms with Crippen LogP contribution in [0.5, 0.6) is 0 Å². The zero-order chi connectivity index (χ0) is 12.6. The summed E-state index contributed by atoms with van der Waals surface area (Å²) in [6, 6.07) is 1.67. The Kier molecular flexibility index (Phi) is 6.35. The predicted molar refractivity (Wildman–Crippen MR) is 47.6 cm³/mol. The van der Waals surface area contributed by atoms with Gasteiger partial charge >= 0.3 is 104 Å². The second kappa shape index (κ2) is 6.14. The molecule has 0 nitrogen and oxygen atoms in total. The van der Waals surface area contributed by atoms with Gasteiger partial charge in [0.1, 0.15) is 0 Å². The Morgan fingerprint density at radius 1 is 0.824 bits per heavy atom. The van der Waals surface area contributed by atoms with Crippen LogP contribution < -0.4 is 21.4 Å². The van der Waals surface area contributed by atoms with Gasteiger partial charge < -0.3 is 17.0 Å². The van der Waals surface area contributed by atoms with E-state index in [1.165, 1.54) is 19.5 Å². The number of rotatable bonds is 1. The van der Waals surface area contributed by atoms with E-state index >= 15 is 0 Å². The van der Waals surface area contributed by atoms with Crippen LogP contribution in [0.15, 0.2) is 18.2 Å². The molecule has 0 amide bonds. The Hall–Kier alpha value is 0.566. The maximum absolute atomic E-state index is 12.3. The van der Waals surface area contributed by atoms with E-state index in [4.69, 9.17) is 0 Å². The molecular weight excluding hydrogens is 393 g/mol. The van der Waals surface area contributed by atoms with Gasteiger partial charge in [-0.25, -0.2) is 0 Å². The van der Waals surface area contributed by atoms with Crippen LogP contribution in [0, 0.1) is 0 Å². The molecule has 0 aliphatic rings. The van der Waals surface area contributed by atoms with Crippen LogP contribution in [0.25, 0.3) is 0 Å². The van der Waals surface area contributed by atoms with Gasteiger partial charge in [-0.3, -0.25) is 0 Å². The number of alkyl halides is 6. The molecule has 0 saturated carbocycles. The maximum atomic E-state index is 12.3. The minimum atomic E-state index is -4.75. The van der Waals surface area contributed by atoms with Crippen LogP contribution in [0.1, 0.15) is 11.1 Å². The molecule has 0 heterocycles. The van der Waals surface area contributed by atoms with Crippen molar-refractivity contribution in [3.05, 3.63) is 29.3 Å². The zero-order valence-electron chi connectivity index (χ0n) is 7.99. The van der Waals surface area contributed by atoms with Crippen LogP contribution >= 0.6 is 0 Å². The largest absolute Gasteiger partial charge is 1.00 e. The summed E-state index contributed by atoms with van der Waals surface area (Å²) in [5.74, 6) is 0. The van der Waals surface area contributed by atoms with E-state index in [1.54, 1.807) is 0 Å². The molecule has 9 heteroatoms. The molecule has 1 rings (SSSR count). The zero-order valence-corrected chi connectivity index (χ0v) is 12.7. The third kappa shape index (κ3) is 4.98. The van der Waals surface area contributed by atoms with Crippen LogP contribution in [-0.4, -0.2) is 31.4 Å². The predicted octanol–water partition coefficient (Wildman–Crippen LogP) is -0.859. The van der Waals surface area contributed by atoms with Crippen molar-refractivity contribution in [1.29, 1.82) is 0 Å². The number of hydrogen-bond donors (Lipinski definition) is 0. The molecule has 17 heavy (non-hydrogen) atoms. The molecule has 0 radical (unpaired) electrons. The monoisotopic (exact) mass is 396 g/mol. The summed E-state index contributed by atoms with van der Waals surface area (Å²) in [6.07, 6.45) is -9.49. The molecule has 0 aliphatic carbocycles. The van der Waals surface area contributed by atoms with Gasteiger partial charge in [0.05, 0.1) is 0 Å². The summed E-state index contributed by atoms with van der Waals surface area (Å²) in [4.78, 5) is 0. The molecule has 1 aromatic carbocycles. The number of halogens is 7. The summed E-state index contributed by atoms with van der Waals surface area (Å²) in [5.41, 5.74) is -2.49. The summed E-state index contributed by atoms with van der Waals surface area (Å²) in [7, 11) is 0. The smallest absolute Gasteiger partial charge is 1.00 e. The van der Waals surface area contributed by atoms with E-state index in [1.807, 2.05) is 0 Å². The van der Waals surface area contributed by atoms with E-state index in [2.05, 4.69) is 0 Å². The molecule has 0 aliphatic heterocycles. The minimum absolute atomic E-state index is 0. The van der Waals surface area contributed by atoms with Crippen molar-refractivity contribution >= 4 is 35.9 Å². The maximum Gasteiger partial charge on any atom is -1.00 e. The van der Waals surface area contributed by atoms with Crippen molar-refractivity contribution in [2.75, 3.05) is 0 Å². The second-order valence-electron chi connectivity index (χ2n) is 2.89. The van der Waals surface area contributed by atoms with Gasteiger partial charge in [-0.2, -0.15) is 0 Å². The second-order valence-corrected chi connectivity index (χ2v) is 5.98. The van der Waals surface area contributed by atoms with Crippen molar-refractivity contribution in [2.24, 2.45) is 0 Å². The van der Waals surface area contributed by atoms with Gasteiger partial charge in [-0.1, -0.05) is 0 Å². The normalized spacial score (nSPS) is 12.2. The first-order chi connectivity index (χ1) is 7.14. The van der Waals surface area contributed by atoms with Crippen molar-refractivity contribution < 1.29 is 43.3 Å². The minimum Gasteiger partial charge on any atom is -1.00 e. The summed E-state index contributed by atoms with van der Waals surface area (Å²) < 4.78 is 74.0. The third-order valence-corrected chi connectivity index (χ3v) is 4.65. The molecule has 1 aromatic rings. The van der Waals surface area contributed by atoms with Gasteiger partial charge in [0, 0.05) is 0 Å². The number of hydrogen-bond acceptors (Lipinski definition) is 0. The number of benzene rings is 1. The van der Waals surface area contributed by atoms with Crippen LogP contribution in [0.2, 0.25) is 0 Å². The Morgan fingerprint density at radius 2 is 1.18 bits per heavy atom. The first-order valence-electron chi connectivity index (χ1n) is 3.86. The van der Waals surface area contributed by atoms with E-state index in [0.29, 0.717) is 0 Å². The summed E-state index contributed by atoms with van der Waals surface area (Å²) in [6.45, 7) is 0. The molecule has 0 N–H and O–H groups in total.